The van der Waals surface area contributed by atoms with E-state index >= 15 is 0 Å². The van der Waals surface area contributed by atoms with Crippen LogP contribution in [0.5, 0.6) is 5.75 Å². The Balaban J connectivity index is 3.00. The lowest BCUT2D eigenvalue weighted by molar-refractivity contribution is -0.385. The predicted molar refractivity (Wildman–Crippen MR) is 64.2 cm³/mol. The van der Waals surface area contributed by atoms with Crippen LogP contribution in [-0.2, 0) is 0 Å². The molecule has 92 valence electrons. The van der Waals surface area contributed by atoms with Crippen molar-refractivity contribution in [3.05, 3.63) is 45.5 Å². The maximum Gasteiger partial charge on any atom is 0.270 e. The number of halogens is 1. The summed E-state index contributed by atoms with van der Waals surface area (Å²) >= 11 is 5.34. The summed E-state index contributed by atoms with van der Waals surface area (Å²) in [4.78, 5) is 10.1. The molecule has 6 heteroatoms. The number of aliphatic hydroxyl groups is 1. The Labute approximate surface area is 103 Å². The lowest BCUT2D eigenvalue weighted by Gasteiger charge is -2.11. The van der Waals surface area contributed by atoms with Crippen molar-refractivity contribution in [2.45, 2.75) is 13.0 Å². The minimum Gasteiger partial charge on any atom is -0.489 e. The van der Waals surface area contributed by atoms with Gasteiger partial charge in [-0.05, 0) is 19.1 Å². The molecule has 0 aliphatic carbocycles. The molecule has 5 nitrogen and oxygen atoms in total. The second-order valence-corrected chi connectivity index (χ2v) is 3.58. The van der Waals surface area contributed by atoms with E-state index in [-0.39, 0.29) is 12.3 Å². The SMILES string of the molecule is C[C@H](O)c1cc([N+](=O)[O-])ccc1OC/C=C/Cl. The highest BCUT2D eigenvalue weighted by molar-refractivity contribution is 6.25. The molecule has 0 spiro atoms. The van der Waals surface area contributed by atoms with Gasteiger partial charge in [0.2, 0.25) is 0 Å². The van der Waals surface area contributed by atoms with Crippen molar-refractivity contribution in [2.24, 2.45) is 0 Å². The van der Waals surface area contributed by atoms with Crippen LogP contribution in [0.15, 0.2) is 29.8 Å². The van der Waals surface area contributed by atoms with Crippen molar-refractivity contribution >= 4 is 17.3 Å². The number of benzene rings is 1. The molecule has 1 aromatic rings. The molecule has 1 aromatic carbocycles. The Morgan fingerprint density at radius 1 is 1.65 bits per heavy atom. The first kappa shape index (κ1) is 13.5. The largest absolute Gasteiger partial charge is 0.489 e. The molecule has 0 fully saturated rings. The fourth-order valence-electron chi connectivity index (χ4n) is 1.28. The van der Waals surface area contributed by atoms with E-state index in [0.29, 0.717) is 11.3 Å². The minimum atomic E-state index is -0.843. The zero-order chi connectivity index (χ0) is 12.8. The summed E-state index contributed by atoms with van der Waals surface area (Å²) in [7, 11) is 0. The monoisotopic (exact) mass is 257 g/mol. The van der Waals surface area contributed by atoms with Gasteiger partial charge in [-0.15, -0.1) is 0 Å². The first-order valence-electron chi connectivity index (χ1n) is 4.90. The lowest BCUT2D eigenvalue weighted by Crippen LogP contribution is -2.01. The van der Waals surface area contributed by atoms with E-state index in [2.05, 4.69) is 0 Å². The Morgan fingerprint density at radius 2 is 2.35 bits per heavy atom. The smallest absolute Gasteiger partial charge is 0.270 e. The van der Waals surface area contributed by atoms with Gasteiger partial charge < -0.3 is 9.84 Å². The van der Waals surface area contributed by atoms with Crippen molar-refractivity contribution in [1.82, 2.24) is 0 Å². The van der Waals surface area contributed by atoms with Gasteiger partial charge in [-0.2, -0.15) is 0 Å². The number of hydrogen-bond donors (Lipinski definition) is 1. The maximum atomic E-state index is 10.6. The molecule has 0 radical (unpaired) electrons. The van der Waals surface area contributed by atoms with E-state index in [1.807, 2.05) is 0 Å². The van der Waals surface area contributed by atoms with Gasteiger partial charge in [-0.1, -0.05) is 11.6 Å². The number of nitro benzene ring substituents is 1. The van der Waals surface area contributed by atoms with Gasteiger partial charge >= 0.3 is 0 Å². The third-order valence-corrected chi connectivity index (χ3v) is 2.26. The quantitative estimate of drug-likeness (QED) is 0.650. The summed E-state index contributed by atoms with van der Waals surface area (Å²) in [6, 6.07) is 4.08. The summed E-state index contributed by atoms with van der Waals surface area (Å²) in [5.74, 6) is 0.403. The van der Waals surface area contributed by atoms with Gasteiger partial charge in [0.25, 0.3) is 5.69 Å². The molecule has 1 rings (SSSR count). The third-order valence-electron chi connectivity index (χ3n) is 2.08. The van der Waals surface area contributed by atoms with Gasteiger partial charge in [-0.3, -0.25) is 10.1 Å². The minimum absolute atomic E-state index is 0.0823. The number of nitrogens with zero attached hydrogens (tertiary/aromatic N) is 1. The average molecular weight is 258 g/mol. The van der Waals surface area contributed by atoms with Crippen molar-refractivity contribution in [3.8, 4) is 5.75 Å². The standard InChI is InChI=1S/C11H12ClNO4/c1-8(14)10-7-9(13(15)16)3-4-11(10)17-6-2-5-12/h2-5,7-8,14H,6H2,1H3/b5-2+/t8-/m0/s1. The third kappa shape index (κ3) is 3.72. The Hall–Kier alpha value is -1.59. The fraction of sp³-hybridized carbons (Fsp3) is 0.273. The van der Waals surface area contributed by atoms with E-state index in [9.17, 15) is 15.2 Å². The van der Waals surface area contributed by atoms with Crippen molar-refractivity contribution in [2.75, 3.05) is 6.61 Å². The van der Waals surface area contributed by atoms with E-state index in [0.717, 1.165) is 0 Å². The molecule has 1 atom stereocenters. The molecule has 0 unspecified atom stereocenters. The molecule has 0 saturated carbocycles. The van der Waals surface area contributed by atoms with Gasteiger partial charge in [0.1, 0.15) is 12.4 Å². The molecule has 0 aliphatic rings. The molecular formula is C11H12ClNO4. The highest BCUT2D eigenvalue weighted by atomic mass is 35.5. The molecule has 0 saturated heterocycles. The van der Waals surface area contributed by atoms with E-state index in [1.54, 1.807) is 6.08 Å². The van der Waals surface area contributed by atoms with Crippen LogP contribution >= 0.6 is 11.6 Å². The van der Waals surface area contributed by atoms with Crippen LogP contribution in [0.1, 0.15) is 18.6 Å². The molecule has 0 heterocycles. The molecule has 17 heavy (non-hydrogen) atoms. The average Bonchev–Trinajstić information content (AvgIpc) is 2.29. The summed E-state index contributed by atoms with van der Waals surface area (Å²) in [6.45, 7) is 1.75. The van der Waals surface area contributed by atoms with Gasteiger partial charge in [-0.25, -0.2) is 0 Å². The molecule has 0 aliphatic heterocycles. The number of non-ortho nitro benzene ring substituents is 1. The lowest BCUT2D eigenvalue weighted by atomic mass is 10.1. The van der Waals surface area contributed by atoms with Crippen molar-refractivity contribution in [3.63, 3.8) is 0 Å². The Morgan fingerprint density at radius 3 is 2.88 bits per heavy atom. The summed E-state index contributed by atoms with van der Waals surface area (Å²) in [5, 5.41) is 20.1. The Kier molecular flexibility index (Phi) is 4.93. The molecule has 1 N–H and O–H groups in total. The number of hydrogen-bond acceptors (Lipinski definition) is 4. The first-order chi connectivity index (χ1) is 8.06. The second-order valence-electron chi connectivity index (χ2n) is 3.33. The van der Waals surface area contributed by atoms with E-state index in [4.69, 9.17) is 16.3 Å². The van der Waals surface area contributed by atoms with Crippen LogP contribution in [0, 0.1) is 10.1 Å². The van der Waals surface area contributed by atoms with Crippen LogP contribution in [0.4, 0.5) is 5.69 Å². The highest BCUT2D eigenvalue weighted by Crippen LogP contribution is 2.29. The van der Waals surface area contributed by atoms with Crippen LogP contribution in [0.3, 0.4) is 0 Å². The molecular weight excluding hydrogens is 246 g/mol. The van der Waals surface area contributed by atoms with Crippen LogP contribution in [0.2, 0.25) is 0 Å². The van der Waals surface area contributed by atoms with Gasteiger partial charge in [0.05, 0.1) is 11.0 Å². The number of nitro groups is 1. The Bertz CT molecular complexity index is 431. The normalized spacial score (nSPS) is 12.6. The van der Waals surface area contributed by atoms with Crippen molar-refractivity contribution < 1.29 is 14.8 Å². The van der Waals surface area contributed by atoms with E-state index < -0.39 is 11.0 Å². The number of aliphatic hydroxyl groups excluding tert-OH is 1. The molecule has 0 aromatic heterocycles. The molecule has 0 bridgehead atoms. The fourth-order valence-corrected chi connectivity index (χ4v) is 1.35. The second kappa shape index (κ2) is 6.22. The van der Waals surface area contributed by atoms with Crippen LogP contribution in [-0.4, -0.2) is 16.6 Å². The highest BCUT2D eigenvalue weighted by Gasteiger charge is 2.14. The zero-order valence-corrected chi connectivity index (χ0v) is 9.92. The first-order valence-corrected chi connectivity index (χ1v) is 5.34. The van der Waals surface area contributed by atoms with Gasteiger partial charge in [0.15, 0.2) is 0 Å². The summed E-state index contributed by atoms with van der Waals surface area (Å²) in [6.07, 6.45) is 0.735. The van der Waals surface area contributed by atoms with Crippen molar-refractivity contribution in [1.29, 1.82) is 0 Å². The van der Waals surface area contributed by atoms with E-state index in [1.165, 1.54) is 30.7 Å². The number of rotatable bonds is 5. The number of ether oxygens (including phenoxy) is 1. The van der Waals surface area contributed by atoms with Gasteiger partial charge in [0, 0.05) is 23.2 Å². The zero-order valence-electron chi connectivity index (χ0n) is 9.17. The summed E-state index contributed by atoms with van der Waals surface area (Å²) < 4.78 is 5.32. The molecule has 0 amide bonds. The summed E-state index contributed by atoms with van der Waals surface area (Å²) in [5.41, 5.74) is 1.61. The topological polar surface area (TPSA) is 72.6 Å². The van der Waals surface area contributed by atoms with Crippen LogP contribution in [0.25, 0.3) is 0 Å². The van der Waals surface area contributed by atoms with Crippen LogP contribution < -0.4 is 4.74 Å². The maximum absolute atomic E-state index is 10.6. The predicted octanol–water partition coefficient (Wildman–Crippen LogP) is 2.78.